The van der Waals surface area contributed by atoms with E-state index in [4.69, 9.17) is 4.74 Å². The predicted molar refractivity (Wildman–Crippen MR) is 60.5 cm³/mol. The maximum absolute atomic E-state index is 13.0. The van der Waals surface area contributed by atoms with E-state index < -0.39 is 0 Å². The molecular formula is C10H7BrFNOS. The van der Waals surface area contributed by atoms with E-state index in [1.54, 1.807) is 11.6 Å². The fraction of sp³-hybridized carbons (Fsp3) is 0.100. The summed E-state index contributed by atoms with van der Waals surface area (Å²) < 4.78 is 19.0. The molecule has 0 unspecified atom stereocenters. The predicted octanol–water partition coefficient (Wildman–Crippen LogP) is 3.62. The van der Waals surface area contributed by atoms with Crippen molar-refractivity contribution in [2.45, 2.75) is 6.61 Å². The first kappa shape index (κ1) is 10.6. The minimum absolute atomic E-state index is 0.322. The molecule has 2 rings (SSSR count). The van der Waals surface area contributed by atoms with Gasteiger partial charge in [-0.3, -0.25) is 0 Å². The number of benzene rings is 1. The molecule has 1 heterocycles. The molecule has 0 fully saturated rings. The van der Waals surface area contributed by atoms with Crippen molar-refractivity contribution in [1.82, 2.24) is 4.98 Å². The van der Waals surface area contributed by atoms with Gasteiger partial charge in [0.25, 0.3) is 0 Å². The standard InChI is InChI=1S/C10H7BrFNOS/c11-7-1-8(12)3-10(2-7)14-4-9-5-15-6-13-9/h1-3,5-6H,4H2. The van der Waals surface area contributed by atoms with E-state index in [-0.39, 0.29) is 5.82 Å². The van der Waals surface area contributed by atoms with Gasteiger partial charge in [-0.2, -0.15) is 0 Å². The minimum atomic E-state index is -0.322. The van der Waals surface area contributed by atoms with Crippen molar-refractivity contribution >= 4 is 27.3 Å². The Labute approximate surface area is 98.9 Å². The number of hydrogen-bond acceptors (Lipinski definition) is 3. The van der Waals surface area contributed by atoms with Crippen LogP contribution in [-0.2, 0) is 6.61 Å². The molecule has 0 atom stereocenters. The van der Waals surface area contributed by atoms with E-state index in [0.717, 1.165) is 5.69 Å². The van der Waals surface area contributed by atoms with Crippen LogP contribution in [0, 0.1) is 5.82 Å². The summed E-state index contributed by atoms with van der Waals surface area (Å²) in [4.78, 5) is 4.06. The molecule has 0 N–H and O–H groups in total. The summed E-state index contributed by atoms with van der Waals surface area (Å²) in [5.41, 5.74) is 2.58. The zero-order chi connectivity index (χ0) is 10.7. The van der Waals surface area contributed by atoms with Crippen LogP contribution < -0.4 is 4.74 Å². The lowest BCUT2D eigenvalue weighted by atomic mass is 10.3. The number of thiazole rings is 1. The lowest BCUT2D eigenvalue weighted by Gasteiger charge is -2.04. The summed E-state index contributed by atoms with van der Waals surface area (Å²) in [5, 5.41) is 1.90. The molecule has 1 aromatic carbocycles. The lowest BCUT2D eigenvalue weighted by molar-refractivity contribution is 0.300. The van der Waals surface area contributed by atoms with Gasteiger partial charge in [0.05, 0.1) is 11.2 Å². The summed E-state index contributed by atoms with van der Waals surface area (Å²) >= 11 is 4.70. The molecule has 0 bridgehead atoms. The maximum atomic E-state index is 13.0. The van der Waals surface area contributed by atoms with Crippen molar-refractivity contribution in [2.24, 2.45) is 0 Å². The Morgan fingerprint density at radius 1 is 1.40 bits per heavy atom. The molecule has 0 aliphatic heterocycles. The number of nitrogens with zero attached hydrogens (tertiary/aromatic N) is 1. The van der Waals surface area contributed by atoms with Crippen molar-refractivity contribution in [3.05, 3.63) is 45.1 Å². The lowest BCUT2D eigenvalue weighted by Crippen LogP contribution is -1.95. The van der Waals surface area contributed by atoms with Crippen molar-refractivity contribution in [1.29, 1.82) is 0 Å². The topological polar surface area (TPSA) is 22.1 Å². The molecule has 2 nitrogen and oxygen atoms in total. The van der Waals surface area contributed by atoms with Gasteiger partial charge in [-0.1, -0.05) is 15.9 Å². The van der Waals surface area contributed by atoms with Gasteiger partial charge in [0.15, 0.2) is 0 Å². The summed E-state index contributed by atoms with van der Waals surface area (Å²) in [7, 11) is 0. The van der Waals surface area contributed by atoms with Gasteiger partial charge in [0, 0.05) is 15.9 Å². The molecule has 0 saturated carbocycles. The number of halogens is 2. The van der Waals surface area contributed by atoms with Crippen LogP contribution in [0.2, 0.25) is 0 Å². The van der Waals surface area contributed by atoms with E-state index in [1.165, 1.54) is 23.5 Å². The van der Waals surface area contributed by atoms with E-state index >= 15 is 0 Å². The van der Waals surface area contributed by atoms with E-state index in [2.05, 4.69) is 20.9 Å². The molecule has 0 saturated heterocycles. The first-order valence-corrected chi connectivity index (χ1v) is 5.93. The third kappa shape index (κ3) is 3.00. The van der Waals surface area contributed by atoms with Crippen molar-refractivity contribution in [3.63, 3.8) is 0 Å². The van der Waals surface area contributed by atoms with E-state index in [0.29, 0.717) is 16.8 Å². The van der Waals surface area contributed by atoms with Crippen LogP contribution in [0.1, 0.15) is 5.69 Å². The highest BCUT2D eigenvalue weighted by atomic mass is 79.9. The van der Waals surface area contributed by atoms with Gasteiger partial charge in [-0.05, 0) is 12.1 Å². The largest absolute Gasteiger partial charge is 0.487 e. The van der Waals surface area contributed by atoms with Crippen LogP contribution in [0.25, 0.3) is 0 Å². The monoisotopic (exact) mass is 287 g/mol. The average molecular weight is 288 g/mol. The van der Waals surface area contributed by atoms with Crippen molar-refractivity contribution in [3.8, 4) is 5.75 Å². The van der Waals surface area contributed by atoms with Crippen LogP contribution in [0.4, 0.5) is 4.39 Å². The molecule has 0 aliphatic carbocycles. The van der Waals surface area contributed by atoms with Gasteiger partial charge in [-0.25, -0.2) is 9.37 Å². The second kappa shape index (κ2) is 4.72. The average Bonchev–Trinajstić information content (AvgIpc) is 2.65. The molecular weight excluding hydrogens is 281 g/mol. The smallest absolute Gasteiger partial charge is 0.131 e. The fourth-order valence-corrected chi connectivity index (χ4v) is 2.07. The maximum Gasteiger partial charge on any atom is 0.131 e. The third-order valence-electron chi connectivity index (χ3n) is 1.71. The molecule has 0 aliphatic rings. The van der Waals surface area contributed by atoms with E-state index in [1.807, 2.05) is 5.38 Å². The van der Waals surface area contributed by atoms with Crippen molar-refractivity contribution in [2.75, 3.05) is 0 Å². The third-order valence-corrected chi connectivity index (χ3v) is 2.80. The molecule has 0 spiro atoms. The number of hydrogen-bond donors (Lipinski definition) is 0. The molecule has 5 heteroatoms. The highest BCUT2D eigenvalue weighted by Crippen LogP contribution is 2.21. The van der Waals surface area contributed by atoms with Gasteiger partial charge in [0.1, 0.15) is 18.2 Å². The minimum Gasteiger partial charge on any atom is -0.487 e. The zero-order valence-electron chi connectivity index (χ0n) is 7.61. The van der Waals surface area contributed by atoms with Crippen LogP contribution in [0.5, 0.6) is 5.75 Å². The summed E-state index contributed by atoms with van der Waals surface area (Å²) in [6.07, 6.45) is 0. The number of aromatic nitrogens is 1. The summed E-state index contributed by atoms with van der Waals surface area (Å²) in [6, 6.07) is 4.45. The Balaban J connectivity index is 2.05. The van der Waals surface area contributed by atoms with Crippen LogP contribution in [0.3, 0.4) is 0 Å². The molecule has 15 heavy (non-hydrogen) atoms. The Morgan fingerprint density at radius 3 is 2.93 bits per heavy atom. The second-order valence-electron chi connectivity index (χ2n) is 2.87. The van der Waals surface area contributed by atoms with Crippen LogP contribution in [0.15, 0.2) is 33.6 Å². The fourth-order valence-electron chi connectivity index (χ4n) is 1.08. The summed E-state index contributed by atoms with van der Waals surface area (Å²) in [6.45, 7) is 0.361. The molecule has 0 radical (unpaired) electrons. The Kier molecular flexibility index (Phi) is 3.33. The molecule has 78 valence electrons. The Bertz CT molecular complexity index is 426. The molecule has 2 aromatic rings. The van der Waals surface area contributed by atoms with Gasteiger partial charge < -0.3 is 4.74 Å². The normalized spacial score (nSPS) is 10.3. The Morgan fingerprint density at radius 2 is 2.27 bits per heavy atom. The summed E-state index contributed by atoms with van der Waals surface area (Å²) in [5.74, 6) is 0.174. The van der Waals surface area contributed by atoms with Crippen LogP contribution in [-0.4, -0.2) is 4.98 Å². The first-order chi connectivity index (χ1) is 7.24. The SMILES string of the molecule is Fc1cc(Br)cc(OCc2cscn2)c1. The highest BCUT2D eigenvalue weighted by Gasteiger charge is 2.01. The number of ether oxygens (including phenoxy) is 1. The van der Waals surface area contributed by atoms with E-state index in [9.17, 15) is 4.39 Å². The van der Waals surface area contributed by atoms with Gasteiger partial charge in [0.2, 0.25) is 0 Å². The van der Waals surface area contributed by atoms with Gasteiger partial charge in [-0.15, -0.1) is 11.3 Å². The first-order valence-electron chi connectivity index (χ1n) is 4.20. The second-order valence-corrected chi connectivity index (χ2v) is 4.51. The number of rotatable bonds is 3. The zero-order valence-corrected chi connectivity index (χ0v) is 10.0. The van der Waals surface area contributed by atoms with Crippen molar-refractivity contribution < 1.29 is 9.13 Å². The Hall–Kier alpha value is -0.940. The molecule has 1 aromatic heterocycles. The van der Waals surface area contributed by atoms with Gasteiger partial charge >= 0.3 is 0 Å². The molecule has 0 amide bonds. The highest BCUT2D eigenvalue weighted by molar-refractivity contribution is 9.10. The van der Waals surface area contributed by atoms with Crippen LogP contribution >= 0.6 is 27.3 Å². The quantitative estimate of drug-likeness (QED) is 0.860.